The molecule has 3 aromatic carbocycles. The molecular weight excluding hydrogens is 617 g/mol. The molecule has 0 spiro atoms. The normalized spacial score (nSPS) is 17.2. The Balaban J connectivity index is 1.42. The number of sulfonamides is 2. The van der Waals surface area contributed by atoms with Gasteiger partial charge in [-0.2, -0.15) is 20.5 Å². The lowest BCUT2D eigenvalue weighted by Gasteiger charge is -2.37. The second-order valence-electron chi connectivity index (χ2n) is 10.7. The number of nitrogens with zero attached hydrogens (tertiary/aromatic N) is 3. The van der Waals surface area contributed by atoms with Crippen LogP contribution >= 0.6 is 23.2 Å². The molecule has 0 unspecified atom stereocenters. The smallest absolute Gasteiger partial charge is 0.279 e. The molecule has 0 N–H and O–H groups in total. The number of amides is 1. The zero-order valence-electron chi connectivity index (χ0n) is 23.0. The number of hydrogen-bond donors (Lipinski definition) is 0. The summed E-state index contributed by atoms with van der Waals surface area (Å²) in [5, 5.41) is -0.206. The predicted octanol–water partition coefficient (Wildman–Crippen LogP) is 5.80. The molecule has 1 saturated carbocycles. The highest BCUT2D eigenvalue weighted by molar-refractivity contribution is 8.10. The summed E-state index contributed by atoms with van der Waals surface area (Å²) < 4.78 is 56.4. The van der Waals surface area contributed by atoms with Crippen LogP contribution in [0.3, 0.4) is 0 Å². The molecule has 2 fully saturated rings. The fourth-order valence-corrected chi connectivity index (χ4v) is 10.3. The number of hydrogen-bond acceptors (Lipinski definition) is 6. The molecular formula is C30H33Cl2N3O5S2. The Morgan fingerprint density at radius 3 is 1.83 bits per heavy atom. The third kappa shape index (κ3) is 6.48. The van der Waals surface area contributed by atoms with Crippen molar-refractivity contribution in [2.45, 2.75) is 48.4 Å². The molecule has 42 heavy (non-hydrogen) atoms. The van der Waals surface area contributed by atoms with Gasteiger partial charge in [-0.25, -0.2) is 0 Å². The fourth-order valence-electron chi connectivity index (χ4n) is 5.65. The van der Waals surface area contributed by atoms with Crippen molar-refractivity contribution in [1.29, 1.82) is 0 Å². The van der Waals surface area contributed by atoms with E-state index in [0.717, 1.165) is 31.2 Å². The van der Waals surface area contributed by atoms with E-state index in [1.54, 1.807) is 24.3 Å². The predicted molar refractivity (Wildman–Crippen MR) is 165 cm³/mol. The van der Waals surface area contributed by atoms with Crippen LogP contribution in [0.5, 0.6) is 0 Å². The Hall–Kier alpha value is -2.63. The van der Waals surface area contributed by atoms with Gasteiger partial charge in [-0.15, -0.1) is 0 Å². The molecule has 1 amide bonds. The van der Waals surface area contributed by atoms with Crippen molar-refractivity contribution in [2.24, 2.45) is 5.92 Å². The van der Waals surface area contributed by atoms with E-state index < -0.39 is 20.0 Å². The molecule has 224 valence electrons. The quantitative estimate of drug-likeness (QED) is 0.306. The van der Waals surface area contributed by atoms with Crippen LogP contribution in [0.2, 0.25) is 10.0 Å². The lowest BCUT2D eigenvalue weighted by atomic mass is 9.88. The maximum Gasteiger partial charge on any atom is 0.279 e. The van der Waals surface area contributed by atoms with Crippen molar-refractivity contribution in [2.75, 3.05) is 29.9 Å². The van der Waals surface area contributed by atoms with E-state index in [1.165, 1.54) is 48.9 Å². The van der Waals surface area contributed by atoms with Crippen LogP contribution in [-0.4, -0.2) is 58.7 Å². The Morgan fingerprint density at radius 2 is 1.29 bits per heavy atom. The molecule has 3 aromatic rings. The number of benzene rings is 3. The van der Waals surface area contributed by atoms with Gasteiger partial charge in [0.25, 0.3) is 20.0 Å². The molecule has 5 rings (SSSR count). The molecule has 8 nitrogen and oxygen atoms in total. The molecule has 1 aliphatic carbocycles. The number of carbonyl (C=O) groups excluding carboxylic acids is 1. The minimum Gasteiger partial charge on any atom is -0.340 e. The molecule has 1 heterocycles. The average Bonchev–Trinajstić information content (AvgIpc) is 2.98. The van der Waals surface area contributed by atoms with Crippen molar-refractivity contribution in [3.05, 3.63) is 88.4 Å². The Morgan fingerprint density at radius 1 is 0.738 bits per heavy atom. The highest BCUT2D eigenvalue weighted by Gasteiger charge is 2.39. The molecule has 0 bridgehead atoms. The van der Waals surface area contributed by atoms with Gasteiger partial charge in [0.1, 0.15) is 9.79 Å². The maximum absolute atomic E-state index is 14.0. The summed E-state index contributed by atoms with van der Waals surface area (Å²) in [6.07, 6.45) is 5.37. The van der Waals surface area contributed by atoms with E-state index in [2.05, 4.69) is 4.90 Å². The monoisotopic (exact) mass is 649 g/mol. The summed E-state index contributed by atoms with van der Waals surface area (Å²) in [7, 11) is -9.38. The van der Waals surface area contributed by atoms with Gasteiger partial charge in [0.05, 0.1) is 15.7 Å². The molecule has 0 atom stereocenters. The first-order chi connectivity index (χ1) is 20.1. The fraction of sp³-hybridized carbons (Fsp3) is 0.367. The van der Waals surface area contributed by atoms with Crippen LogP contribution in [0.4, 0.5) is 5.69 Å². The molecule has 12 heteroatoms. The summed E-state index contributed by atoms with van der Waals surface area (Å²) >= 11 is 12.5. The van der Waals surface area contributed by atoms with E-state index >= 15 is 0 Å². The van der Waals surface area contributed by atoms with Gasteiger partial charge < -0.3 is 4.90 Å². The van der Waals surface area contributed by atoms with Crippen LogP contribution in [0.1, 0.15) is 37.7 Å². The van der Waals surface area contributed by atoms with Crippen LogP contribution in [0.25, 0.3) is 0 Å². The maximum atomic E-state index is 14.0. The van der Waals surface area contributed by atoms with E-state index in [0.29, 0.717) is 36.4 Å². The topological polar surface area (TPSA) is 95.1 Å². The number of rotatable bonds is 8. The zero-order valence-corrected chi connectivity index (χ0v) is 26.2. The van der Waals surface area contributed by atoms with Crippen molar-refractivity contribution >= 4 is 54.8 Å². The van der Waals surface area contributed by atoms with Gasteiger partial charge in [0.15, 0.2) is 0 Å². The summed E-state index contributed by atoms with van der Waals surface area (Å²) in [6.45, 7) is 3.06. The molecule has 2 aliphatic rings. The minimum atomic E-state index is -4.69. The van der Waals surface area contributed by atoms with Crippen LogP contribution in [-0.2, 0) is 31.4 Å². The van der Waals surface area contributed by atoms with Gasteiger partial charge in [-0.1, -0.05) is 78.9 Å². The summed E-state index contributed by atoms with van der Waals surface area (Å²) in [5.41, 5.74) is 0.673. The minimum absolute atomic E-state index is 0.0570. The van der Waals surface area contributed by atoms with E-state index in [9.17, 15) is 21.6 Å². The standard InChI is InChI=1S/C30H33Cl2N3O5S2/c31-26-13-4-6-15-28(26)41(37,38)35(42(39,40)29-16-7-5-14-27(29)32)25-12-8-9-23(21-25)22-33-17-19-34(20-18-33)30(36)24-10-2-1-3-11-24/h4-9,12-16,21,24H,1-3,10-11,17-20,22H2. The van der Waals surface area contributed by atoms with Crippen molar-refractivity contribution in [3.63, 3.8) is 0 Å². The Labute approximate surface area is 257 Å². The number of anilines is 1. The molecule has 0 radical (unpaired) electrons. The lowest BCUT2D eigenvalue weighted by Crippen LogP contribution is -2.50. The van der Waals surface area contributed by atoms with E-state index in [4.69, 9.17) is 23.2 Å². The third-order valence-corrected chi connectivity index (χ3v) is 13.0. The van der Waals surface area contributed by atoms with Crippen LogP contribution in [0.15, 0.2) is 82.6 Å². The van der Waals surface area contributed by atoms with Crippen LogP contribution in [0, 0.1) is 5.92 Å². The van der Waals surface area contributed by atoms with Crippen molar-refractivity contribution in [1.82, 2.24) is 9.80 Å². The average molecular weight is 651 g/mol. The Kier molecular flexibility index (Phi) is 9.49. The molecule has 1 saturated heterocycles. The molecule has 1 aliphatic heterocycles. The molecule has 0 aromatic heterocycles. The summed E-state index contributed by atoms with van der Waals surface area (Å²) in [6, 6.07) is 17.9. The van der Waals surface area contributed by atoms with Crippen LogP contribution < -0.4 is 3.71 Å². The first-order valence-electron chi connectivity index (χ1n) is 14.0. The van der Waals surface area contributed by atoms with E-state index in [1.807, 2.05) is 11.0 Å². The summed E-state index contributed by atoms with van der Waals surface area (Å²) in [4.78, 5) is 16.4. The van der Waals surface area contributed by atoms with Crippen molar-refractivity contribution < 1.29 is 21.6 Å². The zero-order chi connectivity index (χ0) is 29.9. The third-order valence-electron chi connectivity index (χ3n) is 7.83. The first-order valence-corrected chi connectivity index (χ1v) is 17.6. The highest BCUT2D eigenvalue weighted by atomic mass is 35.5. The summed E-state index contributed by atoms with van der Waals surface area (Å²) in [5.74, 6) is 0.384. The van der Waals surface area contributed by atoms with Gasteiger partial charge >= 0.3 is 0 Å². The van der Waals surface area contributed by atoms with Crippen molar-refractivity contribution in [3.8, 4) is 0 Å². The first kappa shape index (κ1) is 30.8. The highest BCUT2D eigenvalue weighted by Crippen LogP contribution is 2.36. The second-order valence-corrected chi connectivity index (χ2v) is 15.2. The van der Waals surface area contributed by atoms with Gasteiger partial charge in [-0.05, 0) is 54.8 Å². The van der Waals surface area contributed by atoms with Gasteiger partial charge in [0.2, 0.25) is 5.91 Å². The number of halogens is 2. The lowest BCUT2D eigenvalue weighted by molar-refractivity contribution is -0.138. The largest absolute Gasteiger partial charge is 0.340 e. The van der Waals surface area contributed by atoms with E-state index in [-0.39, 0.29) is 37.3 Å². The van der Waals surface area contributed by atoms with Gasteiger partial charge in [0, 0.05) is 38.6 Å². The SMILES string of the molecule is O=C(C1CCCCC1)N1CCN(Cc2cccc(N(S(=O)(=O)c3ccccc3Cl)S(=O)(=O)c3ccccc3Cl)c2)CC1. The number of piperazine rings is 1. The number of carbonyl (C=O) groups is 1. The van der Waals surface area contributed by atoms with Gasteiger partial charge in [-0.3, -0.25) is 9.69 Å². The Bertz CT molecular complexity index is 1580. The second kappa shape index (κ2) is 12.9.